The number of nitrogens with zero attached hydrogens (tertiary/aromatic N) is 2. The van der Waals surface area contributed by atoms with E-state index in [1.165, 1.54) is 6.33 Å². The number of hydrogen-bond donors (Lipinski definition) is 1. The quantitative estimate of drug-likeness (QED) is 0.942. The van der Waals surface area contributed by atoms with Crippen molar-refractivity contribution in [1.82, 2.24) is 9.97 Å². The van der Waals surface area contributed by atoms with Gasteiger partial charge >= 0.3 is 0 Å². The van der Waals surface area contributed by atoms with Crippen LogP contribution in [0.25, 0.3) is 0 Å². The van der Waals surface area contributed by atoms with Crippen LogP contribution in [0.5, 0.6) is 5.88 Å². The van der Waals surface area contributed by atoms with Gasteiger partial charge in [-0.15, -0.1) is 0 Å². The largest absolute Gasteiger partial charge is 0.473 e. The number of halogens is 1. The Morgan fingerprint density at radius 3 is 2.88 bits per heavy atom. The highest BCUT2D eigenvalue weighted by atomic mass is 79.9. The Hall–Kier alpha value is -1.62. The molecular formula is C12H12BrN3O. The van der Waals surface area contributed by atoms with Crippen LogP contribution in [0.15, 0.2) is 41.1 Å². The number of ether oxygens (including phenoxy) is 1. The molecule has 0 aliphatic carbocycles. The van der Waals surface area contributed by atoms with E-state index in [2.05, 4.69) is 31.2 Å². The van der Waals surface area contributed by atoms with Gasteiger partial charge in [-0.1, -0.05) is 34.1 Å². The van der Waals surface area contributed by atoms with Crippen molar-refractivity contribution in [3.8, 4) is 5.88 Å². The van der Waals surface area contributed by atoms with E-state index in [0.29, 0.717) is 12.5 Å². The van der Waals surface area contributed by atoms with Crippen LogP contribution in [0, 0.1) is 0 Å². The maximum Gasteiger partial charge on any atom is 0.218 e. The summed E-state index contributed by atoms with van der Waals surface area (Å²) in [7, 11) is 1.81. The molecule has 0 saturated carbocycles. The highest BCUT2D eigenvalue weighted by Crippen LogP contribution is 2.18. The zero-order valence-electron chi connectivity index (χ0n) is 9.35. The average Bonchev–Trinajstić information content (AvgIpc) is 2.38. The zero-order chi connectivity index (χ0) is 12.1. The smallest absolute Gasteiger partial charge is 0.218 e. The molecule has 0 atom stereocenters. The van der Waals surface area contributed by atoms with Crippen LogP contribution in [0.2, 0.25) is 0 Å². The summed E-state index contributed by atoms with van der Waals surface area (Å²) in [5.74, 6) is 1.29. The van der Waals surface area contributed by atoms with Crippen molar-refractivity contribution >= 4 is 21.7 Å². The number of rotatable bonds is 4. The number of nitrogens with one attached hydrogen (secondary N) is 1. The Labute approximate surface area is 108 Å². The number of benzene rings is 1. The van der Waals surface area contributed by atoms with E-state index in [0.717, 1.165) is 15.9 Å². The molecule has 2 aromatic rings. The molecule has 0 bridgehead atoms. The summed E-state index contributed by atoms with van der Waals surface area (Å²) >= 11 is 3.47. The Morgan fingerprint density at radius 1 is 1.29 bits per heavy atom. The molecule has 1 aromatic heterocycles. The first-order chi connectivity index (χ1) is 8.29. The average molecular weight is 294 g/mol. The second-order valence-corrected chi connectivity index (χ2v) is 4.23. The fourth-order valence-electron chi connectivity index (χ4n) is 1.32. The van der Waals surface area contributed by atoms with Gasteiger partial charge in [-0.2, -0.15) is 0 Å². The van der Waals surface area contributed by atoms with Crippen molar-refractivity contribution in [2.45, 2.75) is 6.61 Å². The Bertz CT molecular complexity index is 505. The van der Waals surface area contributed by atoms with Crippen molar-refractivity contribution in [3.05, 3.63) is 46.7 Å². The molecule has 0 fully saturated rings. The molecule has 1 heterocycles. The third-order valence-electron chi connectivity index (χ3n) is 2.23. The first-order valence-electron chi connectivity index (χ1n) is 5.15. The molecule has 0 unspecified atom stereocenters. The normalized spacial score (nSPS) is 10.0. The van der Waals surface area contributed by atoms with Gasteiger partial charge in [0.15, 0.2) is 0 Å². The lowest BCUT2D eigenvalue weighted by atomic mass is 10.2. The predicted octanol–water partition coefficient (Wildman–Crippen LogP) is 2.86. The first kappa shape index (κ1) is 11.9. The van der Waals surface area contributed by atoms with Crippen molar-refractivity contribution in [1.29, 1.82) is 0 Å². The summed E-state index contributed by atoms with van der Waals surface area (Å²) in [4.78, 5) is 8.06. The van der Waals surface area contributed by atoms with Crippen LogP contribution in [0.3, 0.4) is 0 Å². The van der Waals surface area contributed by atoms with Crippen LogP contribution >= 0.6 is 15.9 Å². The van der Waals surface area contributed by atoms with E-state index < -0.39 is 0 Å². The second kappa shape index (κ2) is 5.63. The fraction of sp³-hybridized carbons (Fsp3) is 0.167. The molecule has 0 aliphatic heterocycles. The lowest BCUT2D eigenvalue weighted by molar-refractivity contribution is 0.293. The van der Waals surface area contributed by atoms with Gasteiger partial charge in [0.2, 0.25) is 5.88 Å². The molecule has 0 spiro atoms. The van der Waals surface area contributed by atoms with Crippen LogP contribution in [0.4, 0.5) is 5.82 Å². The van der Waals surface area contributed by atoms with Gasteiger partial charge in [0.25, 0.3) is 0 Å². The maximum atomic E-state index is 5.59. The van der Waals surface area contributed by atoms with E-state index >= 15 is 0 Å². The highest BCUT2D eigenvalue weighted by molar-refractivity contribution is 9.10. The molecule has 0 saturated heterocycles. The Kier molecular flexibility index (Phi) is 3.93. The maximum absolute atomic E-state index is 5.59. The Balaban J connectivity index is 2.05. The molecule has 2 rings (SSSR count). The lowest BCUT2D eigenvalue weighted by Crippen LogP contribution is -2.00. The molecule has 5 heteroatoms. The minimum Gasteiger partial charge on any atom is -0.473 e. The SMILES string of the molecule is CNc1cc(OCc2ccccc2Br)ncn1. The summed E-state index contributed by atoms with van der Waals surface area (Å²) in [5.41, 5.74) is 1.08. The molecule has 0 radical (unpaired) electrons. The summed E-state index contributed by atoms with van der Waals surface area (Å²) in [6.07, 6.45) is 1.47. The van der Waals surface area contributed by atoms with E-state index in [1.807, 2.05) is 24.3 Å². The third-order valence-corrected chi connectivity index (χ3v) is 3.01. The predicted molar refractivity (Wildman–Crippen MR) is 70.1 cm³/mol. The van der Waals surface area contributed by atoms with Gasteiger partial charge in [0, 0.05) is 23.2 Å². The minimum atomic E-state index is 0.474. The second-order valence-electron chi connectivity index (χ2n) is 3.37. The fourth-order valence-corrected chi connectivity index (χ4v) is 1.72. The number of aromatic nitrogens is 2. The summed E-state index contributed by atoms with van der Waals surface area (Å²) in [6.45, 7) is 0.474. The van der Waals surface area contributed by atoms with Crippen molar-refractivity contribution < 1.29 is 4.74 Å². The molecule has 0 amide bonds. The van der Waals surface area contributed by atoms with Crippen LogP contribution in [-0.4, -0.2) is 17.0 Å². The Morgan fingerprint density at radius 2 is 2.12 bits per heavy atom. The highest BCUT2D eigenvalue weighted by Gasteiger charge is 2.01. The molecule has 0 aliphatic rings. The monoisotopic (exact) mass is 293 g/mol. The van der Waals surface area contributed by atoms with Gasteiger partial charge in [-0.3, -0.25) is 0 Å². The van der Waals surface area contributed by atoms with Gasteiger partial charge in [-0.25, -0.2) is 9.97 Å². The van der Waals surface area contributed by atoms with E-state index in [-0.39, 0.29) is 0 Å². The number of anilines is 1. The van der Waals surface area contributed by atoms with Crippen molar-refractivity contribution in [2.75, 3.05) is 12.4 Å². The van der Waals surface area contributed by atoms with Crippen LogP contribution < -0.4 is 10.1 Å². The van der Waals surface area contributed by atoms with E-state index in [9.17, 15) is 0 Å². The molecule has 88 valence electrons. The first-order valence-corrected chi connectivity index (χ1v) is 5.95. The van der Waals surface area contributed by atoms with Crippen molar-refractivity contribution in [3.63, 3.8) is 0 Å². The van der Waals surface area contributed by atoms with E-state index in [1.54, 1.807) is 13.1 Å². The van der Waals surface area contributed by atoms with E-state index in [4.69, 9.17) is 4.74 Å². The van der Waals surface area contributed by atoms with Crippen LogP contribution in [0.1, 0.15) is 5.56 Å². The van der Waals surface area contributed by atoms with Crippen molar-refractivity contribution in [2.24, 2.45) is 0 Å². The molecule has 1 N–H and O–H groups in total. The summed E-state index contributed by atoms with van der Waals surface area (Å²) < 4.78 is 6.62. The minimum absolute atomic E-state index is 0.474. The lowest BCUT2D eigenvalue weighted by Gasteiger charge is -2.07. The molecule has 1 aromatic carbocycles. The zero-order valence-corrected chi connectivity index (χ0v) is 10.9. The topological polar surface area (TPSA) is 47.0 Å². The molecule has 17 heavy (non-hydrogen) atoms. The van der Waals surface area contributed by atoms with Gasteiger partial charge < -0.3 is 10.1 Å². The van der Waals surface area contributed by atoms with Gasteiger partial charge in [0.05, 0.1) is 0 Å². The summed E-state index contributed by atoms with van der Waals surface area (Å²) in [6, 6.07) is 9.69. The number of hydrogen-bond acceptors (Lipinski definition) is 4. The molecular weight excluding hydrogens is 282 g/mol. The van der Waals surface area contributed by atoms with Gasteiger partial charge in [0.1, 0.15) is 18.8 Å². The molecule has 4 nitrogen and oxygen atoms in total. The van der Waals surface area contributed by atoms with Gasteiger partial charge in [-0.05, 0) is 6.07 Å². The standard InChI is InChI=1S/C12H12BrN3O/c1-14-11-6-12(16-8-15-11)17-7-9-4-2-3-5-10(9)13/h2-6,8H,7H2,1H3,(H,14,15,16). The third kappa shape index (κ3) is 3.17. The van der Waals surface area contributed by atoms with Crippen LogP contribution in [-0.2, 0) is 6.61 Å². The summed E-state index contributed by atoms with van der Waals surface area (Å²) in [5, 5.41) is 2.94.